The molecule has 0 atom stereocenters. The molecule has 1 saturated carbocycles. The first-order chi connectivity index (χ1) is 9.73. The third kappa shape index (κ3) is 3.75. The number of hydrogen-bond acceptors (Lipinski definition) is 2. The van der Waals surface area contributed by atoms with E-state index in [1.165, 1.54) is 4.31 Å². The molecule has 1 fully saturated rings. The summed E-state index contributed by atoms with van der Waals surface area (Å²) in [6.07, 6.45) is 3.85. The molecule has 118 valence electrons. The third-order valence-electron chi connectivity index (χ3n) is 4.10. The van der Waals surface area contributed by atoms with Gasteiger partial charge in [0, 0.05) is 17.6 Å². The van der Waals surface area contributed by atoms with Crippen molar-refractivity contribution >= 4 is 49.2 Å². The highest BCUT2D eigenvalue weighted by atomic mass is 79.9. The van der Waals surface area contributed by atoms with Gasteiger partial charge in [-0.3, -0.25) is 0 Å². The van der Waals surface area contributed by atoms with Crippen LogP contribution in [0.5, 0.6) is 0 Å². The molecule has 0 bridgehead atoms. The van der Waals surface area contributed by atoms with E-state index in [9.17, 15) is 8.42 Å². The summed E-state index contributed by atoms with van der Waals surface area (Å²) in [6, 6.07) is 3.12. The van der Waals surface area contributed by atoms with Gasteiger partial charge in [0.25, 0.3) is 0 Å². The van der Waals surface area contributed by atoms with E-state index in [1.807, 2.05) is 0 Å². The molecule has 0 heterocycles. The Balaban J connectivity index is 2.34. The molecule has 1 aliphatic rings. The predicted octanol–water partition coefficient (Wildman–Crippen LogP) is 4.96. The van der Waals surface area contributed by atoms with Gasteiger partial charge in [-0.05, 0) is 43.7 Å². The summed E-state index contributed by atoms with van der Waals surface area (Å²) < 4.78 is 27.7. The van der Waals surface area contributed by atoms with Gasteiger partial charge in [-0.25, -0.2) is 8.42 Å². The van der Waals surface area contributed by atoms with Crippen molar-refractivity contribution in [3.63, 3.8) is 0 Å². The van der Waals surface area contributed by atoms with Gasteiger partial charge in [-0.1, -0.05) is 46.1 Å². The molecule has 1 aromatic carbocycles. The maximum absolute atomic E-state index is 12.8. The van der Waals surface area contributed by atoms with Crippen molar-refractivity contribution in [1.82, 2.24) is 4.31 Å². The molecule has 3 nitrogen and oxygen atoms in total. The average molecular weight is 415 g/mol. The van der Waals surface area contributed by atoms with Crippen molar-refractivity contribution in [3.05, 3.63) is 26.7 Å². The molecule has 7 heteroatoms. The maximum atomic E-state index is 12.8. The lowest BCUT2D eigenvalue weighted by Gasteiger charge is -2.33. The standard InChI is InChI=1S/C14H18BrCl2NO2S/c1-9-3-5-11(6-4-9)18(2)21(19,20)14-12(16)7-10(15)8-13(14)17/h7-9,11H,3-6H2,1-2H3. The molecule has 1 aliphatic carbocycles. The topological polar surface area (TPSA) is 37.4 Å². The second-order valence-electron chi connectivity index (χ2n) is 5.63. The van der Waals surface area contributed by atoms with E-state index < -0.39 is 10.0 Å². The van der Waals surface area contributed by atoms with Gasteiger partial charge >= 0.3 is 0 Å². The van der Waals surface area contributed by atoms with Gasteiger partial charge < -0.3 is 0 Å². The van der Waals surface area contributed by atoms with Gasteiger partial charge in [0.05, 0.1) is 10.0 Å². The lowest BCUT2D eigenvalue weighted by atomic mass is 9.87. The Labute approximate surface area is 144 Å². The van der Waals surface area contributed by atoms with Crippen LogP contribution < -0.4 is 0 Å². The summed E-state index contributed by atoms with van der Waals surface area (Å²) in [5, 5.41) is 0.288. The molecule has 21 heavy (non-hydrogen) atoms. The average Bonchev–Trinajstić information content (AvgIpc) is 2.37. The molecular weight excluding hydrogens is 397 g/mol. The zero-order valence-electron chi connectivity index (χ0n) is 11.9. The van der Waals surface area contributed by atoms with Crippen molar-refractivity contribution < 1.29 is 8.42 Å². The van der Waals surface area contributed by atoms with Crippen LogP contribution in [0.2, 0.25) is 10.0 Å². The fraction of sp³-hybridized carbons (Fsp3) is 0.571. The molecule has 0 radical (unpaired) electrons. The molecular formula is C14H18BrCl2NO2S. The molecule has 0 amide bonds. The fourth-order valence-electron chi connectivity index (χ4n) is 2.72. The van der Waals surface area contributed by atoms with E-state index in [-0.39, 0.29) is 21.0 Å². The lowest BCUT2D eigenvalue weighted by molar-refractivity contribution is 0.246. The third-order valence-corrected chi connectivity index (χ3v) is 7.39. The zero-order valence-corrected chi connectivity index (χ0v) is 15.9. The summed E-state index contributed by atoms with van der Waals surface area (Å²) in [6.45, 7) is 2.20. The lowest BCUT2D eigenvalue weighted by Crippen LogP contribution is -2.39. The van der Waals surface area contributed by atoms with Gasteiger partial charge in [0.2, 0.25) is 10.0 Å². The first-order valence-electron chi connectivity index (χ1n) is 6.86. The van der Waals surface area contributed by atoms with Gasteiger partial charge in [0.1, 0.15) is 4.90 Å². The van der Waals surface area contributed by atoms with E-state index in [2.05, 4.69) is 22.9 Å². The van der Waals surface area contributed by atoms with Gasteiger partial charge in [-0.2, -0.15) is 4.31 Å². The van der Waals surface area contributed by atoms with Gasteiger partial charge in [0.15, 0.2) is 0 Å². The number of benzene rings is 1. The molecule has 0 N–H and O–H groups in total. The van der Waals surface area contributed by atoms with Gasteiger partial charge in [-0.15, -0.1) is 0 Å². The van der Waals surface area contributed by atoms with E-state index in [0.29, 0.717) is 10.4 Å². The monoisotopic (exact) mass is 413 g/mol. The van der Waals surface area contributed by atoms with Crippen molar-refractivity contribution in [2.75, 3.05) is 7.05 Å². The summed E-state index contributed by atoms with van der Waals surface area (Å²) >= 11 is 15.5. The number of rotatable bonds is 3. The minimum Gasteiger partial charge on any atom is -0.207 e. The van der Waals surface area contributed by atoms with Crippen LogP contribution in [-0.2, 0) is 10.0 Å². The fourth-order valence-corrected chi connectivity index (χ4v) is 6.02. The number of sulfonamides is 1. The highest BCUT2D eigenvalue weighted by Gasteiger charge is 2.33. The van der Waals surface area contributed by atoms with Crippen molar-refractivity contribution in [3.8, 4) is 0 Å². The van der Waals surface area contributed by atoms with Crippen LogP contribution in [0.1, 0.15) is 32.6 Å². The largest absolute Gasteiger partial charge is 0.246 e. The molecule has 0 unspecified atom stereocenters. The molecule has 1 aromatic rings. The molecule has 0 aromatic heterocycles. The maximum Gasteiger partial charge on any atom is 0.246 e. The van der Waals surface area contributed by atoms with E-state index in [1.54, 1.807) is 19.2 Å². The summed E-state index contributed by atoms with van der Waals surface area (Å²) in [5.41, 5.74) is 0. The van der Waals surface area contributed by atoms with Crippen LogP contribution in [-0.4, -0.2) is 25.8 Å². The van der Waals surface area contributed by atoms with Crippen molar-refractivity contribution in [2.45, 2.75) is 43.5 Å². The highest BCUT2D eigenvalue weighted by Crippen LogP contribution is 2.36. The Hall–Kier alpha value is 0.190. The van der Waals surface area contributed by atoms with E-state index in [0.717, 1.165) is 25.7 Å². The molecule has 0 aliphatic heterocycles. The molecule has 2 rings (SSSR count). The van der Waals surface area contributed by atoms with E-state index >= 15 is 0 Å². The first kappa shape index (κ1) is 17.5. The predicted molar refractivity (Wildman–Crippen MR) is 90.5 cm³/mol. The summed E-state index contributed by atoms with van der Waals surface area (Å²) in [5.74, 6) is 0.664. The summed E-state index contributed by atoms with van der Waals surface area (Å²) in [7, 11) is -2.07. The van der Waals surface area contributed by atoms with E-state index in [4.69, 9.17) is 23.2 Å². The second-order valence-corrected chi connectivity index (χ2v) is 9.30. The Morgan fingerprint density at radius 2 is 1.62 bits per heavy atom. The zero-order chi connectivity index (χ0) is 15.8. The molecule has 0 saturated heterocycles. The number of hydrogen-bond donors (Lipinski definition) is 0. The SMILES string of the molecule is CC1CCC(N(C)S(=O)(=O)c2c(Cl)cc(Br)cc2Cl)CC1. The summed E-state index contributed by atoms with van der Waals surface area (Å²) in [4.78, 5) is -0.00449. The van der Waals surface area contributed by atoms with Crippen LogP contribution in [0, 0.1) is 5.92 Å². The normalized spacial score (nSPS) is 23.5. The van der Waals surface area contributed by atoms with Crippen molar-refractivity contribution in [2.24, 2.45) is 5.92 Å². The van der Waals surface area contributed by atoms with Crippen LogP contribution in [0.15, 0.2) is 21.5 Å². The first-order valence-corrected chi connectivity index (χ1v) is 9.85. The Morgan fingerprint density at radius 3 is 2.10 bits per heavy atom. The Kier molecular flexibility index (Phi) is 5.64. The molecule has 0 spiro atoms. The smallest absolute Gasteiger partial charge is 0.207 e. The number of halogens is 3. The van der Waals surface area contributed by atoms with Crippen molar-refractivity contribution in [1.29, 1.82) is 0 Å². The Bertz CT molecular complexity index is 605. The van der Waals surface area contributed by atoms with Crippen LogP contribution in [0.3, 0.4) is 0 Å². The minimum atomic E-state index is -3.69. The van der Waals surface area contributed by atoms with Crippen LogP contribution in [0.4, 0.5) is 0 Å². The second kappa shape index (κ2) is 6.75. The van der Waals surface area contributed by atoms with Crippen LogP contribution >= 0.6 is 39.1 Å². The van der Waals surface area contributed by atoms with Crippen LogP contribution in [0.25, 0.3) is 0 Å². The quantitative estimate of drug-likeness (QED) is 0.701. The number of nitrogens with zero attached hydrogens (tertiary/aromatic N) is 1. The minimum absolute atomic E-state index is 0.00449. The highest BCUT2D eigenvalue weighted by molar-refractivity contribution is 9.10. The Morgan fingerprint density at radius 1 is 1.14 bits per heavy atom.